The molecule has 1 unspecified atom stereocenters. The molecule has 47 heavy (non-hydrogen) atoms. The number of hydrogen-bond donors (Lipinski definition) is 3. The minimum Gasteiger partial charge on any atom is -0.495 e. The molecule has 3 N–H and O–H groups in total. The summed E-state index contributed by atoms with van der Waals surface area (Å²) in [6, 6.07) is 9.89. The van der Waals surface area contributed by atoms with Gasteiger partial charge in [-0.1, -0.05) is 52.0 Å². The van der Waals surface area contributed by atoms with Crippen LogP contribution in [0.25, 0.3) is 0 Å². The number of carboxylic acids is 1. The molecule has 2 aromatic carbocycles. The Hall–Kier alpha value is -4.54. The summed E-state index contributed by atoms with van der Waals surface area (Å²) in [5.41, 5.74) is 2.12. The number of ether oxygens (including phenoxy) is 3. The predicted octanol–water partition coefficient (Wildman–Crippen LogP) is 6.95. The number of anilines is 2. The summed E-state index contributed by atoms with van der Waals surface area (Å²) in [7, 11) is 1.50. The van der Waals surface area contributed by atoms with E-state index in [-0.39, 0.29) is 25.4 Å². The third-order valence-electron chi connectivity index (χ3n) is 8.45. The fourth-order valence-electron chi connectivity index (χ4n) is 5.25. The fourth-order valence-corrected chi connectivity index (χ4v) is 5.25. The number of carbonyl (C=O) groups is 3. The monoisotopic (exact) mass is 648 g/mol. The molecule has 1 aliphatic carbocycles. The van der Waals surface area contributed by atoms with Gasteiger partial charge in [-0.25, -0.2) is 0 Å². The molecule has 11 heteroatoms. The Kier molecular flexibility index (Phi) is 12.7. The van der Waals surface area contributed by atoms with Crippen molar-refractivity contribution in [2.75, 3.05) is 31.1 Å². The van der Waals surface area contributed by atoms with Crippen LogP contribution < -0.4 is 24.8 Å². The summed E-state index contributed by atoms with van der Waals surface area (Å²) < 4.78 is 19.0. The molecular weight excluding hydrogens is 600 g/mol. The van der Waals surface area contributed by atoms with E-state index in [0.29, 0.717) is 53.6 Å². The molecule has 1 saturated carbocycles. The smallest absolute Gasteiger partial charge is 0.303 e. The SMILES string of the molecule is CCCCCCCCOc1ccc(C)cc1OCNc1ccc(OC)c(NC(=O)C(C(=O)C2(C)CC2)n2cc(CCC(=O)O)cn2)c1. The molecule has 0 spiro atoms. The van der Waals surface area contributed by atoms with Crippen molar-refractivity contribution in [3.05, 3.63) is 59.9 Å². The lowest BCUT2D eigenvalue weighted by atomic mass is 9.96. The van der Waals surface area contributed by atoms with E-state index in [0.717, 1.165) is 18.4 Å². The number of nitrogens with zero attached hydrogens (tertiary/aromatic N) is 2. The van der Waals surface area contributed by atoms with Crippen LogP contribution in [0, 0.1) is 12.3 Å². The number of Topliss-reactive ketones (excluding diaryl/α,β-unsaturated/α-hetero) is 1. The Balaban J connectivity index is 1.41. The first-order valence-corrected chi connectivity index (χ1v) is 16.5. The Morgan fingerprint density at radius 1 is 1.00 bits per heavy atom. The molecule has 254 valence electrons. The lowest BCUT2D eigenvalue weighted by molar-refractivity contribution is -0.137. The maximum absolute atomic E-state index is 13.7. The van der Waals surface area contributed by atoms with Crippen LogP contribution >= 0.6 is 0 Å². The second-order valence-corrected chi connectivity index (χ2v) is 12.5. The minimum atomic E-state index is -1.22. The number of methoxy groups -OCH3 is 1. The van der Waals surface area contributed by atoms with E-state index in [1.165, 1.54) is 43.7 Å². The highest BCUT2D eigenvalue weighted by Gasteiger charge is 2.50. The summed E-state index contributed by atoms with van der Waals surface area (Å²) in [4.78, 5) is 38.3. The van der Waals surface area contributed by atoms with Gasteiger partial charge in [-0.05, 0) is 74.1 Å². The average molecular weight is 649 g/mol. The normalized spacial score (nSPS) is 13.8. The number of carboxylic acid groups (broad SMARTS) is 1. The number of unbranched alkanes of at least 4 members (excludes halogenated alkanes) is 5. The van der Waals surface area contributed by atoms with Crippen molar-refractivity contribution in [2.45, 2.75) is 91.0 Å². The van der Waals surface area contributed by atoms with Crippen molar-refractivity contribution in [3.8, 4) is 17.2 Å². The van der Waals surface area contributed by atoms with Gasteiger partial charge in [-0.3, -0.25) is 19.1 Å². The Morgan fingerprint density at radius 3 is 2.47 bits per heavy atom. The van der Waals surface area contributed by atoms with Crippen molar-refractivity contribution in [1.29, 1.82) is 0 Å². The summed E-state index contributed by atoms with van der Waals surface area (Å²) in [5.74, 6) is 0.0174. The molecule has 0 aliphatic heterocycles. The van der Waals surface area contributed by atoms with Crippen LogP contribution in [0.4, 0.5) is 11.4 Å². The highest BCUT2D eigenvalue weighted by Crippen LogP contribution is 2.48. The molecule has 1 amide bonds. The maximum atomic E-state index is 13.7. The third kappa shape index (κ3) is 10.2. The molecule has 0 bridgehead atoms. The second kappa shape index (κ2) is 16.9. The number of ketones is 1. The molecule has 11 nitrogen and oxygen atoms in total. The number of hydrogen-bond acceptors (Lipinski definition) is 8. The van der Waals surface area contributed by atoms with E-state index in [9.17, 15) is 14.4 Å². The van der Waals surface area contributed by atoms with Gasteiger partial charge in [0.25, 0.3) is 5.91 Å². The van der Waals surface area contributed by atoms with Gasteiger partial charge in [0.05, 0.1) is 25.6 Å². The number of nitrogens with one attached hydrogen (secondary N) is 2. The van der Waals surface area contributed by atoms with Crippen molar-refractivity contribution in [3.63, 3.8) is 0 Å². The highest BCUT2D eigenvalue weighted by atomic mass is 16.5. The predicted molar refractivity (Wildman–Crippen MR) is 180 cm³/mol. The standard InChI is InChI=1S/C36H48N4O7/c1-5-6-7-8-9-10-19-46-30-14-11-25(2)20-31(30)47-24-37-27-13-15-29(45-4)28(21-27)39-35(44)33(34(43)36(3)17-18-36)40-23-26(22-38-40)12-16-32(41)42/h11,13-15,20-23,33,37H,5-10,12,16-19,24H2,1-4H3,(H,39,44)(H,41,42). The molecule has 4 rings (SSSR count). The third-order valence-corrected chi connectivity index (χ3v) is 8.45. The van der Waals surface area contributed by atoms with Gasteiger partial charge < -0.3 is 30.0 Å². The van der Waals surface area contributed by atoms with E-state index >= 15 is 0 Å². The van der Waals surface area contributed by atoms with Crippen molar-refractivity contribution < 1.29 is 33.7 Å². The zero-order valence-corrected chi connectivity index (χ0v) is 28.0. The zero-order valence-electron chi connectivity index (χ0n) is 28.0. The van der Waals surface area contributed by atoms with Gasteiger partial charge in [0, 0.05) is 23.7 Å². The molecule has 1 aliphatic rings. The van der Waals surface area contributed by atoms with Crippen LogP contribution in [0.15, 0.2) is 48.8 Å². The molecule has 1 aromatic heterocycles. The van der Waals surface area contributed by atoms with Crippen molar-refractivity contribution in [2.24, 2.45) is 5.41 Å². The number of aromatic nitrogens is 2. The van der Waals surface area contributed by atoms with E-state index in [2.05, 4.69) is 22.7 Å². The summed E-state index contributed by atoms with van der Waals surface area (Å²) >= 11 is 0. The maximum Gasteiger partial charge on any atom is 0.303 e. The van der Waals surface area contributed by atoms with Gasteiger partial charge in [0.15, 0.2) is 30.1 Å². The van der Waals surface area contributed by atoms with Gasteiger partial charge >= 0.3 is 5.97 Å². The van der Waals surface area contributed by atoms with E-state index in [1.807, 2.05) is 32.0 Å². The van der Waals surface area contributed by atoms with Crippen LogP contribution in [0.3, 0.4) is 0 Å². The summed E-state index contributed by atoms with van der Waals surface area (Å²) in [5, 5.41) is 19.4. The highest BCUT2D eigenvalue weighted by molar-refractivity contribution is 6.12. The summed E-state index contributed by atoms with van der Waals surface area (Å²) in [6.45, 7) is 6.83. The second-order valence-electron chi connectivity index (χ2n) is 12.5. The first-order valence-electron chi connectivity index (χ1n) is 16.5. The van der Waals surface area contributed by atoms with Gasteiger partial charge in [-0.15, -0.1) is 0 Å². The molecule has 1 heterocycles. The average Bonchev–Trinajstić information content (AvgIpc) is 3.63. The van der Waals surface area contributed by atoms with Gasteiger partial charge in [-0.2, -0.15) is 5.10 Å². The van der Waals surface area contributed by atoms with Crippen LogP contribution in [-0.4, -0.2) is 53.0 Å². The topological polar surface area (TPSA) is 141 Å². The molecule has 0 saturated heterocycles. The number of aliphatic carboxylic acids is 1. The molecule has 1 atom stereocenters. The van der Waals surface area contributed by atoms with E-state index < -0.39 is 23.3 Å². The largest absolute Gasteiger partial charge is 0.495 e. The van der Waals surface area contributed by atoms with Gasteiger partial charge in [0.2, 0.25) is 0 Å². The van der Waals surface area contributed by atoms with Gasteiger partial charge in [0.1, 0.15) is 5.75 Å². The first kappa shape index (κ1) is 35.3. The first-order chi connectivity index (χ1) is 22.6. The molecule has 1 fully saturated rings. The zero-order chi connectivity index (χ0) is 33.8. The Morgan fingerprint density at radius 2 is 1.74 bits per heavy atom. The summed E-state index contributed by atoms with van der Waals surface area (Å²) in [6.07, 6.45) is 11.7. The Bertz CT molecular complexity index is 1510. The molecule has 0 radical (unpaired) electrons. The lowest BCUT2D eigenvalue weighted by Crippen LogP contribution is -2.36. The van der Waals surface area contributed by atoms with Crippen LogP contribution in [-0.2, 0) is 20.8 Å². The number of benzene rings is 2. The minimum absolute atomic E-state index is 0.0771. The quantitative estimate of drug-likeness (QED) is 0.0635. The van der Waals surface area contributed by atoms with Crippen LogP contribution in [0.2, 0.25) is 0 Å². The number of carbonyl (C=O) groups excluding carboxylic acids is 2. The van der Waals surface area contributed by atoms with E-state index in [4.69, 9.17) is 19.3 Å². The number of rotatable bonds is 21. The van der Waals surface area contributed by atoms with E-state index in [1.54, 1.807) is 24.4 Å². The lowest BCUT2D eigenvalue weighted by Gasteiger charge is -2.21. The number of aryl methyl sites for hydroxylation is 2. The van der Waals surface area contributed by atoms with Crippen molar-refractivity contribution in [1.82, 2.24) is 9.78 Å². The fraction of sp³-hybridized carbons (Fsp3) is 0.500. The number of amides is 1. The Labute approximate surface area is 277 Å². The molecule has 3 aromatic rings. The molecular formula is C36H48N4O7. The van der Waals surface area contributed by atoms with Crippen molar-refractivity contribution >= 4 is 29.0 Å². The van der Waals surface area contributed by atoms with Crippen LogP contribution in [0.5, 0.6) is 17.2 Å². The van der Waals surface area contributed by atoms with Crippen LogP contribution in [0.1, 0.15) is 88.8 Å².